The molecule has 0 heterocycles. The summed E-state index contributed by atoms with van der Waals surface area (Å²) < 4.78 is 0. The number of hydrogen-bond acceptors (Lipinski definition) is 2. The zero-order valence-electron chi connectivity index (χ0n) is 13.7. The van der Waals surface area contributed by atoms with Crippen LogP contribution in [0.2, 0.25) is 0 Å². The van der Waals surface area contributed by atoms with Gasteiger partial charge in [0.15, 0.2) is 0 Å². The Bertz CT molecular complexity index is 496. The molecule has 0 saturated carbocycles. The average Bonchev–Trinajstić information content (AvgIpc) is 2.45. The molecule has 0 saturated heterocycles. The molecule has 1 aliphatic carbocycles. The first-order chi connectivity index (χ1) is 9.97. The summed E-state index contributed by atoms with van der Waals surface area (Å²) in [6.07, 6.45) is 5.02. The predicted octanol–water partition coefficient (Wildman–Crippen LogP) is 3.13. The Kier molecular flexibility index (Phi) is 5.40. The lowest BCUT2D eigenvalue weighted by molar-refractivity contribution is -0.123. The largest absolute Gasteiger partial charge is 0.353 e. The molecule has 21 heavy (non-hydrogen) atoms. The van der Waals surface area contributed by atoms with Crippen LogP contribution in [0.25, 0.3) is 0 Å². The molecular formula is C18H28N2O. The fraction of sp³-hybridized carbons (Fsp3) is 0.611. The molecule has 0 fully saturated rings. The standard InChI is InChI=1S/C18H28N2O/c1-12(2)19-18(21)14(4)20-13(3)16-10-9-15-7-5-6-8-17(15)11-16/h9-14,20H,5-8H2,1-4H3,(H,19,21)/t13-,14+/m1/s1. The SMILES string of the molecule is CC(C)NC(=O)[C@H](C)N[C@H](C)c1ccc2c(c1)CCCC2. The number of rotatable bonds is 5. The zero-order valence-corrected chi connectivity index (χ0v) is 13.7. The van der Waals surface area contributed by atoms with Crippen LogP contribution in [0.3, 0.4) is 0 Å². The predicted molar refractivity (Wildman–Crippen MR) is 87.4 cm³/mol. The first-order valence-corrected chi connectivity index (χ1v) is 8.15. The Morgan fingerprint density at radius 3 is 2.38 bits per heavy atom. The van der Waals surface area contributed by atoms with Crippen LogP contribution in [-0.4, -0.2) is 18.0 Å². The first kappa shape index (κ1) is 16.0. The highest BCUT2D eigenvalue weighted by atomic mass is 16.2. The monoisotopic (exact) mass is 288 g/mol. The third-order valence-corrected chi connectivity index (χ3v) is 4.20. The van der Waals surface area contributed by atoms with Gasteiger partial charge >= 0.3 is 0 Å². The molecule has 2 N–H and O–H groups in total. The normalized spacial score (nSPS) is 17.2. The summed E-state index contributed by atoms with van der Waals surface area (Å²) in [7, 11) is 0. The second-order valence-electron chi connectivity index (χ2n) is 6.51. The highest BCUT2D eigenvalue weighted by Crippen LogP contribution is 2.24. The van der Waals surface area contributed by atoms with Crippen molar-refractivity contribution in [3.05, 3.63) is 34.9 Å². The van der Waals surface area contributed by atoms with Gasteiger partial charge in [0.05, 0.1) is 6.04 Å². The maximum atomic E-state index is 12.0. The lowest BCUT2D eigenvalue weighted by atomic mass is 9.89. The van der Waals surface area contributed by atoms with Crippen molar-refractivity contribution in [3.8, 4) is 0 Å². The van der Waals surface area contributed by atoms with E-state index in [1.165, 1.54) is 42.4 Å². The zero-order chi connectivity index (χ0) is 15.4. The van der Waals surface area contributed by atoms with Crippen LogP contribution in [0.15, 0.2) is 18.2 Å². The van der Waals surface area contributed by atoms with Crippen LogP contribution in [0.4, 0.5) is 0 Å². The van der Waals surface area contributed by atoms with E-state index in [4.69, 9.17) is 0 Å². The van der Waals surface area contributed by atoms with E-state index in [0.717, 1.165) is 0 Å². The molecule has 0 unspecified atom stereocenters. The minimum atomic E-state index is -0.182. The van der Waals surface area contributed by atoms with Gasteiger partial charge in [-0.1, -0.05) is 18.2 Å². The van der Waals surface area contributed by atoms with Crippen molar-refractivity contribution in [2.45, 2.75) is 71.5 Å². The second-order valence-corrected chi connectivity index (χ2v) is 6.51. The van der Waals surface area contributed by atoms with Gasteiger partial charge in [-0.15, -0.1) is 0 Å². The number of carbonyl (C=O) groups excluding carboxylic acids is 1. The van der Waals surface area contributed by atoms with Gasteiger partial charge in [0, 0.05) is 12.1 Å². The second kappa shape index (κ2) is 7.08. The molecule has 2 rings (SSSR count). The third-order valence-electron chi connectivity index (χ3n) is 4.20. The average molecular weight is 288 g/mol. The van der Waals surface area contributed by atoms with Crippen LogP contribution >= 0.6 is 0 Å². The summed E-state index contributed by atoms with van der Waals surface area (Å²) in [5.74, 6) is 0.0646. The minimum Gasteiger partial charge on any atom is -0.353 e. The van der Waals surface area contributed by atoms with Gasteiger partial charge in [-0.05, 0) is 70.1 Å². The molecule has 1 amide bonds. The summed E-state index contributed by atoms with van der Waals surface area (Å²) in [6.45, 7) is 8.02. The molecule has 0 radical (unpaired) electrons. The molecule has 0 spiro atoms. The fourth-order valence-electron chi connectivity index (χ4n) is 2.98. The van der Waals surface area contributed by atoms with E-state index >= 15 is 0 Å². The smallest absolute Gasteiger partial charge is 0.237 e. The van der Waals surface area contributed by atoms with Gasteiger partial charge < -0.3 is 5.32 Å². The number of aryl methyl sites for hydroxylation is 2. The molecule has 1 aromatic rings. The van der Waals surface area contributed by atoms with Crippen LogP contribution in [0.5, 0.6) is 0 Å². The van der Waals surface area contributed by atoms with Crippen molar-refractivity contribution in [1.29, 1.82) is 0 Å². The van der Waals surface area contributed by atoms with Crippen LogP contribution in [0.1, 0.15) is 63.3 Å². The van der Waals surface area contributed by atoms with Crippen molar-refractivity contribution in [2.75, 3.05) is 0 Å². The Labute approximate surface area is 128 Å². The lowest BCUT2D eigenvalue weighted by Crippen LogP contribution is -2.45. The number of carbonyl (C=O) groups is 1. The number of benzene rings is 1. The quantitative estimate of drug-likeness (QED) is 0.874. The van der Waals surface area contributed by atoms with E-state index in [1.54, 1.807) is 0 Å². The molecule has 3 nitrogen and oxygen atoms in total. The molecule has 116 valence electrons. The van der Waals surface area contributed by atoms with Crippen LogP contribution in [0, 0.1) is 0 Å². The Morgan fingerprint density at radius 2 is 1.71 bits per heavy atom. The maximum Gasteiger partial charge on any atom is 0.237 e. The molecule has 3 heteroatoms. The number of nitrogens with one attached hydrogen (secondary N) is 2. The van der Waals surface area contributed by atoms with Gasteiger partial charge in [-0.3, -0.25) is 10.1 Å². The Balaban J connectivity index is 1.99. The van der Waals surface area contributed by atoms with Gasteiger partial charge in [0.2, 0.25) is 5.91 Å². The van der Waals surface area contributed by atoms with E-state index in [1.807, 2.05) is 20.8 Å². The number of fused-ring (bicyclic) bond motifs is 1. The molecule has 1 aromatic carbocycles. The molecular weight excluding hydrogens is 260 g/mol. The summed E-state index contributed by atoms with van der Waals surface area (Å²) in [4.78, 5) is 12.0. The van der Waals surface area contributed by atoms with E-state index < -0.39 is 0 Å². The first-order valence-electron chi connectivity index (χ1n) is 8.15. The maximum absolute atomic E-state index is 12.0. The summed E-state index contributed by atoms with van der Waals surface area (Å²) in [5, 5.41) is 6.34. The van der Waals surface area contributed by atoms with E-state index in [2.05, 4.69) is 35.8 Å². The highest BCUT2D eigenvalue weighted by Gasteiger charge is 2.18. The Morgan fingerprint density at radius 1 is 1.05 bits per heavy atom. The lowest BCUT2D eigenvalue weighted by Gasteiger charge is -2.23. The topological polar surface area (TPSA) is 41.1 Å². The van der Waals surface area contributed by atoms with Crippen molar-refractivity contribution < 1.29 is 4.79 Å². The number of amides is 1. The highest BCUT2D eigenvalue weighted by molar-refractivity contribution is 5.81. The Hall–Kier alpha value is -1.35. The summed E-state index contributed by atoms with van der Waals surface area (Å²) in [6, 6.07) is 6.97. The van der Waals surface area contributed by atoms with Crippen molar-refractivity contribution in [3.63, 3.8) is 0 Å². The van der Waals surface area contributed by atoms with Gasteiger partial charge in [-0.25, -0.2) is 0 Å². The fourth-order valence-corrected chi connectivity index (χ4v) is 2.98. The van der Waals surface area contributed by atoms with E-state index in [-0.39, 0.29) is 24.0 Å². The van der Waals surface area contributed by atoms with Crippen LogP contribution < -0.4 is 10.6 Å². The summed E-state index contributed by atoms with van der Waals surface area (Å²) in [5.41, 5.74) is 4.27. The molecule has 1 aliphatic rings. The van der Waals surface area contributed by atoms with E-state index in [0.29, 0.717) is 0 Å². The number of hydrogen-bond donors (Lipinski definition) is 2. The van der Waals surface area contributed by atoms with Gasteiger partial charge in [0.25, 0.3) is 0 Å². The molecule has 2 atom stereocenters. The van der Waals surface area contributed by atoms with Crippen molar-refractivity contribution in [1.82, 2.24) is 10.6 Å². The van der Waals surface area contributed by atoms with Crippen LogP contribution in [-0.2, 0) is 17.6 Å². The van der Waals surface area contributed by atoms with Crippen molar-refractivity contribution in [2.24, 2.45) is 0 Å². The van der Waals surface area contributed by atoms with E-state index in [9.17, 15) is 4.79 Å². The molecule has 0 bridgehead atoms. The van der Waals surface area contributed by atoms with Gasteiger partial charge in [0.1, 0.15) is 0 Å². The van der Waals surface area contributed by atoms with Crippen molar-refractivity contribution >= 4 is 5.91 Å². The molecule has 0 aliphatic heterocycles. The summed E-state index contributed by atoms with van der Waals surface area (Å²) >= 11 is 0. The molecule has 0 aromatic heterocycles. The third kappa shape index (κ3) is 4.31. The van der Waals surface area contributed by atoms with Gasteiger partial charge in [-0.2, -0.15) is 0 Å². The minimum absolute atomic E-state index is 0.0646.